The summed E-state index contributed by atoms with van der Waals surface area (Å²) in [6.45, 7) is 3.35. The number of aryl methyl sites for hydroxylation is 1. The molecule has 1 aliphatic carbocycles. The lowest BCUT2D eigenvalue weighted by molar-refractivity contribution is -0.137. The molecule has 2 aromatic carbocycles. The first-order chi connectivity index (χ1) is 16.1. The molecule has 5 rings (SSSR count). The van der Waals surface area contributed by atoms with Crippen LogP contribution in [0.15, 0.2) is 59.0 Å². The van der Waals surface area contributed by atoms with Crippen LogP contribution in [0.5, 0.6) is 0 Å². The lowest BCUT2D eigenvalue weighted by Crippen LogP contribution is -2.40. The van der Waals surface area contributed by atoms with E-state index in [0.29, 0.717) is 18.0 Å². The Morgan fingerprint density at radius 1 is 1.00 bits per heavy atom. The van der Waals surface area contributed by atoms with E-state index in [4.69, 9.17) is 4.42 Å². The van der Waals surface area contributed by atoms with Gasteiger partial charge in [0.25, 0.3) is 5.91 Å². The maximum absolute atomic E-state index is 13.0. The van der Waals surface area contributed by atoms with Crippen molar-refractivity contribution < 1.29 is 14.0 Å². The largest absolute Gasteiger partial charge is 0.461 e. The van der Waals surface area contributed by atoms with Crippen molar-refractivity contribution in [2.24, 2.45) is 5.92 Å². The first-order valence-electron chi connectivity index (χ1n) is 12.0. The second-order valence-corrected chi connectivity index (χ2v) is 9.30. The highest BCUT2D eigenvalue weighted by Crippen LogP contribution is 2.33. The molecule has 1 saturated carbocycles. The van der Waals surface area contributed by atoms with Gasteiger partial charge in [-0.05, 0) is 50.1 Å². The van der Waals surface area contributed by atoms with E-state index in [-0.39, 0.29) is 11.8 Å². The maximum Gasteiger partial charge on any atom is 0.255 e. The number of carbonyl (C=O) groups is 2. The Morgan fingerprint density at radius 3 is 2.58 bits per heavy atom. The van der Waals surface area contributed by atoms with Crippen LogP contribution in [0.1, 0.15) is 59.3 Å². The molecule has 2 amide bonds. The molecule has 1 aliphatic heterocycles. The third-order valence-corrected chi connectivity index (χ3v) is 6.85. The Labute approximate surface area is 194 Å². The van der Waals surface area contributed by atoms with Gasteiger partial charge in [0.1, 0.15) is 11.5 Å². The van der Waals surface area contributed by atoms with E-state index >= 15 is 0 Å². The molecule has 1 N–H and O–H groups in total. The molecule has 0 bridgehead atoms. The molecule has 2 aliphatic rings. The lowest BCUT2D eigenvalue weighted by atomic mass is 9.88. The van der Waals surface area contributed by atoms with E-state index in [2.05, 4.69) is 11.4 Å². The fraction of sp³-hybridized carbons (Fsp3) is 0.357. The third kappa shape index (κ3) is 4.72. The number of anilines is 1. The molecule has 2 heterocycles. The number of rotatable bonds is 4. The summed E-state index contributed by atoms with van der Waals surface area (Å²) in [6.07, 6.45) is 6.39. The number of nitrogens with one attached hydrogen (secondary N) is 1. The van der Waals surface area contributed by atoms with Crippen LogP contribution in [-0.4, -0.2) is 23.3 Å². The van der Waals surface area contributed by atoms with Gasteiger partial charge in [0.15, 0.2) is 0 Å². The van der Waals surface area contributed by atoms with E-state index < -0.39 is 0 Å². The molecule has 0 radical (unpaired) electrons. The van der Waals surface area contributed by atoms with Crippen molar-refractivity contribution in [1.82, 2.24) is 4.90 Å². The third-order valence-electron chi connectivity index (χ3n) is 6.85. The molecule has 1 aromatic heterocycles. The standard InChI is InChI=1S/C28H30N2O3/c1-19-10-12-20(13-11-19)27(31)29-24-9-5-8-22(16-24)26-17-23-18-30(15-14-25(23)33-26)28(32)21-6-3-2-4-7-21/h5,8-13,16-17,21H,2-4,6-7,14-15,18H2,1H3,(H,29,31). The minimum atomic E-state index is -0.136. The maximum atomic E-state index is 13.0. The summed E-state index contributed by atoms with van der Waals surface area (Å²) in [6, 6.07) is 17.3. The second kappa shape index (κ2) is 9.26. The van der Waals surface area contributed by atoms with E-state index in [1.165, 1.54) is 19.3 Å². The van der Waals surface area contributed by atoms with Crippen molar-refractivity contribution in [3.8, 4) is 11.3 Å². The zero-order valence-electron chi connectivity index (χ0n) is 19.1. The molecule has 3 aromatic rings. The van der Waals surface area contributed by atoms with Crippen LogP contribution in [0.25, 0.3) is 11.3 Å². The molecule has 5 heteroatoms. The van der Waals surface area contributed by atoms with Crippen LogP contribution in [0, 0.1) is 12.8 Å². The first kappa shape index (κ1) is 21.5. The number of amides is 2. The average molecular weight is 443 g/mol. The Balaban J connectivity index is 1.29. The molecule has 1 fully saturated rings. The lowest BCUT2D eigenvalue weighted by Gasteiger charge is -2.31. The minimum absolute atomic E-state index is 0.136. The van der Waals surface area contributed by atoms with Crippen molar-refractivity contribution in [1.29, 1.82) is 0 Å². The molecule has 0 unspecified atom stereocenters. The van der Waals surface area contributed by atoms with Crippen LogP contribution in [0.4, 0.5) is 5.69 Å². The predicted molar refractivity (Wildman–Crippen MR) is 129 cm³/mol. The van der Waals surface area contributed by atoms with Gasteiger partial charge in [-0.2, -0.15) is 0 Å². The van der Waals surface area contributed by atoms with E-state index in [1.54, 1.807) is 0 Å². The summed E-state index contributed by atoms with van der Waals surface area (Å²) in [5.74, 6) is 2.11. The van der Waals surface area contributed by atoms with E-state index in [1.807, 2.05) is 60.4 Å². The Bertz CT molecular complexity index is 1160. The van der Waals surface area contributed by atoms with Crippen molar-refractivity contribution in [3.63, 3.8) is 0 Å². The Hall–Kier alpha value is -3.34. The molecular formula is C28H30N2O3. The van der Waals surface area contributed by atoms with Gasteiger partial charge in [-0.15, -0.1) is 0 Å². The summed E-state index contributed by atoms with van der Waals surface area (Å²) in [4.78, 5) is 27.6. The van der Waals surface area contributed by atoms with Gasteiger partial charge in [0.2, 0.25) is 5.91 Å². The minimum Gasteiger partial charge on any atom is -0.461 e. The van der Waals surface area contributed by atoms with E-state index in [0.717, 1.165) is 59.7 Å². The average Bonchev–Trinajstić information content (AvgIpc) is 3.28. The smallest absolute Gasteiger partial charge is 0.255 e. The molecule has 0 spiro atoms. The molecule has 5 nitrogen and oxygen atoms in total. The molecule has 0 saturated heterocycles. The highest BCUT2D eigenvalue weighted by molar-refractivity contribution is 6.04. The summed E-state index contributed by atoms with van der Waals surface area (Å²) in [7, 11) is 0. The van der Waals surface area contributed by atoms with Gasteiger partial charge >= 0.3 is 0 Å². The summed E-state index contributed by atoms with van der Waals surface area (Å²) in [5.41, 5.74) is 4.48. The zero-order valence-corrected chi connectivity index (χ0v) is 19.1. The van der Waals surface area contributed by atoms with Gasteiger partial charge < -0.3 is 14.6 Å². The number of carbonyl (C=O) groups excluding carboxylic acids is 2. The predicted octanol–water partition coefficient (Wildman–Crippen LogP) is 5.97. The topological polar surface area (TPSA) is 62.6 Å². The normalized spacial score (nSPS) is 16.3. The quantitative estimate of drug-likeness (QED) is 0.541. The molecule has 0 atom stereocenters. The number of hydrogen-bond acceptors (Lipinski definition) is 3. The fourth-order valence-corrected chi connectivity index (χ4v) is 4.93. The van der Waals surface area contributed by atoms with Gasteiger partial charge in [-0.3, -0.25) is 9.59 Å². The molecular weight excluding hydrogens is 412 g/mol. The number of hydrogen-bond donors (Lipinski definition) is 1. The fourth-order valence-electron chi connectivity index (χ4n) is 4.93. The van der Waals surface area contributed by atoms with Gasteiger partial charge in [0.05, 0.1) is 0 Å². The summed E-state index contributed by atoms with van der Waals surface area (Å²) < 4.78 is 6.17. The van der Waals surface area contributed by atoms with Crippen LogP contribution >= 0.6 is 0 Å². The van der Waals surface area contributed by atoms with E-state index in [9.17, 15) is 9.59 Å². The number of benzene rings is 2. The van der Waals surface area contributed by atoms with Gasteiger partial charge in [-0.1, -0.05) is 49.1 Å². The van der Waals surface area contributed by atoms with Crippen LogP contribution < -0.4 is 5.32 Å². The monoisotopic (exact) mass is 442 g/mol. The number of fused-ring (bicyclic) bond motifs is 1. The number of furan rings is 1. The SMILES string of the molecule is Cc1ccc(C(=O)Nc2cccc(-c3cc4c(o3)CCN(C(=O)C3CCCCC3)C4)c2)cc1. The van der Waals surface area contributed by atoms with Crippen LogP contribution in [0.3, 0.4) is 0 Å². The van der Waals surface area contributed by atoms with Crippen molar-refractivity contribution in [3.05, 3.63) is 77.0 Å². The van der Waals surface area contributed by atoms with Gasteiger partial charge in [-0.25, -0.2) is 0 Å². The second-order valence-electron chi connectivity index (χ2n) is 9.30. The zero-order chi connectivity index (χ0) is 22.8. The first-order valence-corrected chi connectivity index (χ1v) is 12.0. The highest BCUT2D eigenvalue weighted by Gasteiger charge is 2.30. The van der Waals surface area contributed by atoms with Crippen LogP contribution in [-0.2, 0) is 17.8 Å². The van der Waals surface area contributed by atoms with Crippen molar-refractivity contribution in [2.45, 2.75) is 52.0 Å². The van der Waals surface area contributed by atoms with Crippen LogP contribution in [0.2, 0.25) is 0 Å². The van der Waals surface area contributed by atoms with Crippen molar-refractivity contribution in [2.75, 3.05) is 11.9 Å². The Morgan fingerprint density at radius 2 is 1.79 bits per heavy atom. The Kier molecular flexibility index (Phi) is 6.03. The summed E-state index contributed by atoms with van der Waals surface area (Å²) in [5, 5.41) is 2.97. The van der Waals surface area contributed by atoms with Gasteiger partial charge in [0, 0.05) is 47.8 Å². The molecule has 33 heavy (non-hydrogen) atoms. The highest BCUT2D eigenvalue weighted by atomic mass is 16.3. The summed E-state index contributed by atoms with van der Waals surface area (Å²) >= 11 is 0. The molecule has 170 valence electrons. The van der Waals surface area contributed by atoms with Crippen molar-refractivity contribution >= 4 is 17.5 Å². The number of nitrogens with zero attached hydrogens (tertiary/aromatic N) is 1.